The average molecular weight is 408 g/mol. The maximum Gasteiger partial charge on any atom is 0.357 e. The number of ether oxygens (including phenoxy) is 2. The minimum absolute atomic E-state index is 0.229. The van der Waals surface area contributed by atoms with Gasteiger partial charge in [0.2, 0.25) is 0 Å². The third-order valence-electron chi connectivity index (χ3n) is 4.14. The van der Waals surface area contributed by atoms with Crippen molar-refractivity contribution in [2.45, 2.75) is 13.8 Å². The molecule has 2 aromatic carbocycles. The van der Waals surface area contributed by atoms with Gasteiger partial charge in [0, 0.05) is 11.1 Å². The maximum absolute atomic E-state index is 11.7. The fourth-order valence-corrected chi connectivity index (χ4v) is 2.94. The molecule has 8 heteroatoms. The maximum atomic E-state index is 11.7. The van der Waals surface area contributed by atoms with Crippen LogP contribution in [0, 0.1) is 0 Å². The van der Waals surface area contributed by atoms with Crippen molar-refractivity contribution < 1.29 is 29.3 Å². The number of carbonyl (C=O) groups is 2. The van der Waals surface area contributed by atoms with Crippen molar-refractivity contribution in [3.05, 3.63) is 59.9 Å². The fraction of sp³-hybridized carbons (Fsp3) is 0.182. The van der Waals surface area contributed by atoms with Gasteiger partial charge in [0.25, 0.3) is 0 Å². The number of benzene rings is 2. The largest absolute Gasteiger partial charge is 0.494 e. The molecule has 0 unspecified atom stereocenters. The van der Waals surface area contributed by atoms with E-state index in [0.29, 0.717) is 35.8 Å². The lowest BCUT2D eigenvalue weighted by Crippen LogP contribution is -2.15. The van der Waals surface area contributed by atoms with Crippen LogP contribution in [0.5, 0.6) is 11.5 Å². The van der Waals surface area contributed by atoms with Crippen molar-refractivity contribution in [2.24, 2.45) is 0 Å². The molecule has 3 aromatic rings. The predicted octanol–water partition coefficient (Wildman–Crippen LogP) is 4.00. The number of rotatable bonds is 8. The van der Waals surface area contributed by atoms with Crippen LogP contribution in [0.1, 0.15) is 34.8 Å². The van der Waals surface area contributed by atoms with Gasteiger partial charge in [-0.15, -0.1) is 0 Å². The van der Waals surface area contributed by atoms with Crippen LogP contribution in [0.4, 0.5) is 0 Å². The van der Waals surface area contributed by atoms with E-state index in [1.165, 1.54) is 0 Å². The van der Waals surface area contributed by atoms with Gasteiger partial charge in [-0.3, -0.25) is 0 Å². The molecule has 1 aromatic heterocycles. The topological polar surface area (TPSA) is 119 Å². The molecule has 1 heterocycles. The first kappa shape index (κ1) is 20.8. The second kappa shape index (κ2) is 9.04. The van der Waals surface area contributed by atoms with Crippen molar-refractivity contribution in [1.82, 2.24) is 9.97 Å². The first-order valence-electron chi connectivity index (χ1n) is 9.29. The molecule has 154 valence electrons. The highest BCUT2D eigenvalue weighted by atomic mass is 16.5. The molecule has 30 heavy (non-hydrogen) atoms. The molecule has 0 radical (unpaired) electrons. The first-order chi connectivity index (χ1) is 14.4. The Bertz CT molecular complexity index is 1010. The summed E-state index contributed by atoms with van der Waals surface area (Å²) in [7, 11) is 0. The minimum Gasteiger partial charge on any atom is -0.494 e. The molecule has 3 rings (SSSR count). The molecule has 8 nitrogen and oxygen atoms in total. The van der Waals surface area contributed by atoms with Gasteiger partial charge in [-0.25, -0.2) is 19.6 Å². The highest BCUT2D eigenvalue weighted by molar-refractivity contribution is 6.00. The highest BCUT2D eigenvalue weighted by Crippen LogP contribution is 2.33. The average Bonchev–Trinajstić information content (AvgIpc) is 2.73. The summed E-state index contributed by atoms with van der Waals surface area (Å²) in [6.45, 7) is 4.61. The summed E-state index contributed by atoms with van der Waals surface area (Å²) >= 11 is 0. The lowest BCUT2D eigenvalue weighted by molar-refractivity contribution is 0.0641. The standard InChI is InChI=1S/C22H20N2O6/c1-3-29-15-9-5-7-13(11-15)17-18(14-8-6-10-16(12-14)30-4-2)24-20(22(27)28)19(23-17)21(25)26/h5-12H,3-4H2,1-2H3,(H,25,26)(H,27,28). The first-order valence-corrected chi connectivity index (χ1v) is 9.29. The van der Waals surface area contributed by atoms with Gasteiger partial charge in [-0.1, -0.05) is 24.3 Å². The summed E-state index contributed by atoms with van der Waals surface area (Å²) in [6.07, 6.45) is 0. The summed E-state index contributed by atoms with van der Waals surface area (Å²) in [4.78, 5) is 31.7. The molecule has 0 aliphatic rings. The molecule has 0 spiro atoms. The summed E-state index contributed by atoms with van der Waals surface area (Å²) in [5, 5.41) is 19.0. The molecule has 0 aliphatic heterocycles. The van der Waals surface area contributed by atoms with Gasteiger partial charge >= 0.3 is 11.9 Å². The van der Waals surface area contributed by atoms with Crippen molar-refractivity contribution in [3.8, 4) is 34.0 Å². The summed E-state index contributed by atoms with van der Waals surface area (Å²) in [6, 6.07) is 13.9. The van der Waals surface area contributed by atoms with E-state index in [1.807, 2.05) is 13.8 Å². The zero-order valence-corrected chi connectivity index (χ0v) is 16.5. The van der Waals surface area contributed by atoms with Crippen molar-refractivity contribution in [1.29, 1.82) is 0 Å². The van der Waals surface area contributed by atoms with Crippen LogP contribution < -0.4 is 9.47 Å². The van der Waals surface area contributed by atoms with Gasteiger partial charge < -0.3 is 19.7 Å². The van der Waals surface area contributed by atoms with E-state index in [-0.39, 0.29) is 11.4 Å². The van der Waals surface area contributed by atoms with Gasteiger partial charge in [-0.05, 0) is 38.1 Å². The van der Waals surface area contributed by atoms with E-state index >= 15 is 0 Å². The number of aromatic nitrogens is 2. The number of aromatic carboxylic acids is 2. The molecule has 2 N–H and O–H groups in total. The van der Waals surface area contributed by atoms with Crippen LogP contribution in [-0.4, -0.2) is 45.3 Å². The van der Waals surface area contributed by atoms with Crippen LogP contribution in [0.3, 0.4) is 0 Å². The zero-order chi connectivity index (χ0) is 21.7. The van der Waals surface area contributed by atoms with Crippen molar-refractivity contribution >= 4 is 11.9 Å². The fourth-order valence-electron chi connectivity index (χ4n) is 2.94. The number of carboxylic acid groups (broad SMARTS) is 2. The van der Waals surface area contributed by atoms with Crippen LogP contribution >= 0.6 is 0 Å². The number of carboxylic acids is 2. The summed E-state index contributed by atoms with van der Waals surface area (Å²) in [5.41, 5.74) is 0.280. The monoisotopic (exact) mass is 408 g/mol. The SMILES string of the molecule is CCOc1cccc(-c2nc(C(=O)O)c(C(=O)O)nc2-c2cccc(OCC)c2)c1. The summed E-state index contributed by atoms with van der Waals surface area (Å²) in [5.74, 6) is -1.80. The van der Waals surface area contributed by atoms with Gasteiger partial charge in [0.15, 0.2) is 11.4 Å². The van der Waals surface area contributed by atoms with E-state index in [4.69, 9.17) is 9.47 Å². The van der Waals surface area contributed by atoms with E-state index in [2.05, 4.69) is 9.97 Å². The molecule has 0 amide bonds. The van der Waals surface area contributed by atoms with E-state index in [9.17, 15) is 19.8 Å². The Balaban J connectivity index is 2.29. The second-order valence-corrected chi connectivity index (χ2v) is 6.15. The molecular weight excluding hydrogens is 388 g/mol. The molecule has 0 atom stereocenters. The van der Waals surface area contributed by atoms with Crippen LogP contribution in [0.2, 0.25) is 0 Å². The summed E-state index contributed by atoms with van der Waals surface area (Å²) < 4.78 is 11.1. The number of nitrogens with zero attached hydrogens (tertiary/aromatic N) is 2. The van der Waals surface area contributed by atoms with Crippen LogP contribution in [0.25, 0.3) is 22.5 Å². The Morgan fingerprint density at radius 3 is 1.50 bits per heavy atom. The normalized spacial score (nSPS) is 10.5. The number of hydrogen-bond acceptors (Lipinski definition) is 6. The second-order valence-electron chi connectivity index (χ2n) is 6.15. The Labute approximate surface area is 172 Å². The third-order valence-corrected chi connectivity index (χ3v) is 4.14. The molecule has 0 aliphatic carbocycles. The van der Waals surface area contributed by atoms with E-state index < -0.39 is 23.3 Å². The third kappa shape index (κ3) is 4.38. The lowest BCUT2D eigenvalue weighted by atomic mass is 10.0. The van der Waals surface area contributed by atoms with Gasteiger partial charge in [0.05, 0.1) is 24.6 Å². The van der Waals surface area contributed by atoms with E-state index in [0.717, 1.165) is 0 Å². The van der Waals surface area contributed by atoms with Gasteiger partial charge in [-0.2, -0.15) is 0 Å². The van der Waals surface area contributed by atoms with Crippen LogP contribution in [-0.2, 0) is 0 Å². The Morgan fingerprint density at radius 2 is 1.17 bits per heavy atom. The smallest absolute Gasteiger partial charge is 0.357 e. The molecule has 0 fully saturated rings. The van der Waals surface area contributed by atoms with E-state index in [1.54, 1.807) is 48.5 Å². The highest BCUT2D eigenvalue weighted by Gasteiger charge is 2.25. The Morgan fingerprint density at radius 1 is 0.767 bits per heavy atom. The molecular formula is C22H20N2O6. The van der Waals surface area contributed by atoms with Crippen molar-refractivity contribution in [2.75, 3.05) is 13.2 Å². The van der Waals surface area contributed by atoms with Crippen molar-refractivity contribution in [3.63, 3.8) is 0 Å². The Kier molecular flexibility index (Phi) is 6.26. The quantitative estimate of drug-likeness (QED) is 0.574. The van der Waals surface area contributed by atoms with Gasteiger partial charge in [0.1, 0.15) is 11.5 Å². The lowest BCUT2D eigenvalue weighted by Gasteiger charge is -2.13. The zero-order valence-electron chi connectivity index (χ0n) is 16.5. The molecule has 0 saturated heterocycles. The Hall–Kier alpha value is -3.94. The van der Waals surface area contributed by atoms with Crippen LogP contribution in [0.15, 0.2) is 48.5 Å². The number of hydrogen-bond donors (Lipinski definition) is 2. The minimum atomic E-state index is -1.48. The predicted molar refractivity (Wildman–Crippen MR) is 109 cm³/mol. The molecule has 0 bridgehead atoms. The molecule has 0 saturated carbocycles.